The first-order valence-corrected chi connectivity index (χ1v) is 7.77. The van der Waals surface area contributed by atoms with Gasteiger partial charge in [0.25, 0.3) is 5.69 Å². The minimum absolute atomic E-state index is 0.0815. The van der Waals surface area contributed by atoms with Crippen LogP contribution in [0.25, 0.3) is 0 Å². The van der Waals surface area contributed by atoms with Crippen molar-refractivity contribution in [2.45, 2.75) is 13.3 Å². The molecule has 0 amide bonds. The van der Waals surface area contributed by atoms with Gasteiger partial charge in [-0.15, -0.1) is 0 Å². The Labute approximate surface area is 118 Å². The molecule has 0 aliphatic heterocycles. The Morgan fingerprint density at radius 3 is 2.74 bits per heavy atom. The van der Waals surface area contributed by atoms with Crippen molar-refractivity contribution in [2.24, 2.45) is 5.14 Å². The lowest BCUT2D eigenvalue weighted by Gasteiger charge is -2.09. The van der Waals surface area contributed by atoms with Crippen molar-refractivity contribution in [3.8, 4) is 0 Å². The predicted octanol–water partition coefficient (Wildman–Crippen LogP) is 1.15. The Balaban J connectivity index is 2.71. The van der Waals surface area contributed by atoms with Gasteiger partial charge in [0.2, 0.25) is 10.0 Å². The first kappa shape index (κ1) is 15.8. The van der Waals surface area contributed by atoms with Gasteiger partial charge in [-0.3, -0.25) is 10.1 Å². The molecule has 0 fully saturated rings. The Morgan fingerprint density at radius 1 is 1.58 bits per heavy atom. The third-order valence-corrected chi connectivity index (χ3v) is 4.16. The van der Waals surface area contributed by atoms with Crippen LogP contribution in [0.2, 0.25) is 0 Å². The van der Waals surface area contributed by atoms with Gasteiger partial charge in [0.05, 0.1) is 15.1 Å². The van der Waals surface area contributed by atoms with Crippen LogP contribution in [0.4, 0.5) is 11.5 Å². The number of hydrogen-bond donors (Lipinski definition) is 2. The quantitative estimate of drug-likeness (QED) is 0.448. The second-order valence-electron chi connectivity index (χ2n) is 3.84. The van der Waals surface area contributed by atoms with Crippen molar-refractivity contribution in [2.75, 3.05) is 17.6 Å². The Hall–Kier alpha value is -1.26. The molecule has 0 aliphatic carbocycles. The molecule has 1 aromatic rings. The van der Waals surface area contributed by atoms with E-state index in [2.05, 4.69) is 26.2 Å². The number of nitrogens with zero attached hydrogens (tertiary/aromatic N) is 2. The number of primary sulfonamides is 1. The molecule has 1 aromatic heterocycles. The number of hydrogen-bond acceptors (Lipinski definition) is 6. The minimum atomic E-state index is -3.48. The maximum absolute atomic E-state index is 10.7. The normalized spacial score (nSPS) is 11.3. The van der Waals surface area contributed by atoms with Crippen LogP contribution in [0.1, 0.15) is 12.0 Å². The number of pyridine rings is 1. The summed E-state index contributed by atoms with van der Waals surface area (Å²) < 4.78 is 22.0. The van der Waals surface area contributed by atoms with Crippen LogP contribution in [0.15, 0.2) is 10.7 Å². The molecule has 1 rings (SSSR count). The molecular weight excluding hydrogens is 340 g/mol. The third-order valence-electron chi connectivity index (χ3n) is 2.33. The van der Waals surface area contributed by atoms with Crippen molar-refractivity contribution in [3.63, 3.8) is 0 Å². The van der Waals surface area contributed by atoms with Gasteiger partial charge >= 0.3 is 0 Å². The van der Waals surface area contributed by atoms with E-state index in [0.717, 1.165) is 6.20 Å². The fourth-order valence-electron chi connectivity index (χ4n) is 1.36. The van der Waals surface area contributed by atoms with Crippen LogP contribution in [-0.2, 0) is 10.0 Å². The van der Waals surface area contributed by atoms with E-state index in [-0.39, 0.29) is 11.4 Å². The molecule has 0 spiro atoms. The molecule has 0 bridgehead atoms. The maximum atomic E-state index is 10.7. The number of sulfonamides is 1. The average Bonchev–Trinajstić information content (AvgIpc) is 2.28. The van der Waals surface area contributed by atoms with Crippen molar-refractivity contribution < 1.29 is 13.3 Å². The lowest BCUT2D eigenvalue weighted by atomic mass is 10.2. The van der Waals surface area contributed by atoms with E-state index in [1.54, 1.807) is 6.92 Å². The molecule has 0 aliphatic rings. The number of rotatable bonds is 6. The zero-order chi connectivity index (χ0) is 14.6. The van der Waals surface area contributed by atoms with Gasteiger partial charge in [-0.1, -0.05) is 0 Å². The van der Waals surface area contributed by atoms with Crippen molar-refractivity contribution in [1.29, 1.82) is 0 Å². The molecule has 19 heavy (non-hydrogen) atoms. The molecule has 0 aromatic carbocycles. The van der Waals surface area contributed by atoms with Gasteiger partial charge in [-0.25, -0.2) is 18.5 Å². The highest BCUT2D eigenvalue weighted by Crippen LogP contribution is 2.30. The van der Waals surface area contributed by atoms with Gasteiger partial charge < -0.3 is 5.32 Å². The van der Waals surface area contributed by atoms with E-state index in [0.29, 0.717) is 28.8 Å². The molecule has 0 radical (unpaired) electrons. The molecule has 0 unspecified atom stereocenters. The van der Waals surface area contributed by atoms with Crippen LogP contribution < -0.4 is 10.5 Å². The largest absolute Gasteiger partial charge is 0.369 e. The van der Waals surface area contributed by atoms with Crippen molar-refractivity contribution in [3.05, 3.63) is 26.3 Å². The fourth-order valence-corrected chi connectivity index (χ4v) is 2.35. The van der Waals surface area contributed by atoms with Gasteiger partial charge in [-0.05, 0) is 29.3 Å². The van der Waals surface area contributed by atoms with Crippen LogP contribution in [0, 0.1) is 17.0 Å². The third kappa shape index (κ3) is 4.73. The summed E-state index contributed by atoms with van der Waals surface area (Å²) in [6, 6.07) is 0. The average molecular weight is 353 g/mol. The smallest absolute Gasteiger partial charge is 0.291 e. The molecule has 3 N–H and O–H groups in total. The van der Waals surface area contributed by atoms with E-state index in [4.69, 9.17) is 5.14 Å². The molecule has 8 nitrogen and oxygen atoms in total. The van der Waals surface area contributed by atoms with Crippen LogP contribution in [0.5, 0.6) is 0 Å². The Morgan fingerprint density at radius 2 is 2.21 bits per heavy atom. The van der Waals surface area contributed by atoms with E-state index < -0.39 is 14.9 Å². The molecule has 106 valence electrons. The standard InChI is InChI=1S/C9H13BrN4O4S/c1-6-7(14(15)16)5-13-9(8(6)10)12-3-2-4-19(11,17)18/h5H,2-4H2,1H3,(H,12,13)(H2,11,17,18). The monoisotopic (exact) mass is 352 g/mol. The van der Waals surface area contributed by atoms with E-state index in [1.165, 1.54) is 0 Å². The summed E-state index contributed by atoms with van der Waals surface area (Å²) in [5.74, 6) is 0.293. The number of nitro groups is 1. The van der Waals surface area contributed by atoms with Gasteiger partial charge in [0.1, 0.15) is 12.0 Å². The van der Waals surface area contributed by atoms with Crippen molar-refractivity contribution in [1.82, 2.24) is 4.98 Å². The lowest BCUT2D eigenvalue weighted by Crippen LogP contribution is -2.19. The fraction of sp³-hybridized carbons (Fsp3) is 0.444. The predicted molar refractivity (Wildman–Crippen MR) is 74.4 cm³/mol. The second-order valence-corrected chi connectivity index (χ2v) is 6.36. The summed E-state index contributed by atoms with van der Waals surface area (Å²) in [6.45, 7) is 1.94. The van der Waals surface area contributed by atoms with E-state index in [9.17, 15) is 18.5 Å². The Bertz CT molecular complexity index is 590. The zero-order valence-corrected chi connectivity index (χ0v) is 12.5. The first-order chi connectivity index (χ1) is 8.72. The summed E-state index contributed by atoms with van der Waals surface area (Å²) in [5, 5.41) is 18.5. The van der Waals surface area contributed by atoms with Gasteiger partial charge in [-0.2, -0.15) is 0 Å². The lowest BCUT2D eigenvalue weighted by molar-refractivity contribution is -0.385. The highest BCUT2D eigenvalue weighted by atomic mass is 79.9. The minimum Gasteiger partial charge on any atom is -0.369 e. The van der Waals surface area contributed by atoms with Gasteiger partial charge in [0.15, 0.2) is 0 Å². The number of nitrogens with two attached hydrogens (primary N) is 1. The number of nitrogens with one attached hydrogen (secondary N) is 1. The van der Waals surface area contributed by atoms with Gasteiger partial charge in [0, 0.05) is 12.1 Å². The summed E-state index contributed by atoms with van der Waals surface area (Å²) in [5.41, 5.74) is 0.371. The highest BCUT2D eigenvalue weighted by molar-refractivity contribution is 9.10. The van der Waals surface area contributed by atoms with Crippen LogP contribution in [-0.4, -0.2) is 30.6 Å². The number of aromatic nitrogens is 1. The van der Waals surface area contributed by atoms with Crippen LogP contribution in [0.3, 0.4) is 0 Å². The second kappa shape index (κ2) is 6.26. The van der Waals surface area contributed by atoms with Crippen LogP contribution >= 0.6 is 15.9 Å². The molecule has 1 heterocycles. The Kier molecular flexibility index (Phi) is 5.20. The first-order valence-electron chi connectivity index (χ1n) is 5.26. The summed E-state index contributed by atoms with van der Waals surface area (Å²) in [4.78, 5) is 14.1. The summed E-state index contributed by atoms with van der Waals surface area (Å²) >= 11 is 3.22. The number of halogens is 1. The SMILES string of the molecule is Cc1c([N+](=O)[O-])cnc(NCCCS(N)(=O)=O)c1Br. The molecule has 0 atom stereocenters. The van der Waals surface area contributed by atoms with E-state index >= 15 is 0 Å². The molecular formula is C9H13BrN4O4S. The number of anilines is 1. The maximum Gasteiger partial charge on any atom is 0.291 e. The topological polar surface area (TPSA) is 128 Å². The zero-order valence-electron chi connectivity index (χ0n) is 10.1. The summed E-state index contributed by atoms with van der Waals surface area (Å²) in [6.07, 6.45) is 1.48. The molecule has 10 heteroatoms. The molecule has 0 saturated heterocycles. The van der Waals surface area contributed by atoms with Crippen molar-refractivity contribution >= 4 is 37.5 Å². The summed E-state index contributed by atoms with van der Waals surface area (Å²) in [7, 11) is -3.48. The molecule has 0 saturated carbocycles. The van der Waals surface area contributed by atoms with E-state index in [1.807, 2.05) is 0 Å². The highest BCUT2D eigenvalue weighted by Gasteiger charge is 2.16.